The molecule has 138 valence electrons. The van der Waals surface area contributed by atoms with Gasteiger partial charge in [0.15, 0.2) is 0 Å². The molecule has 6 rings (SSSR count). The molecule has 0 saturated heterocycles. The summed E-state index contributed by atoms with van der Waals surface area (Å²) in [6.45, 7) is 2.93. The van der Waals surface area contributed by atoms with Gasteiger partial charge in [-0.2, -0.15) is 5.10 Å². The van der Waals surface area contributed by atoms with Gasteiger partial charge in [-0.25, -0.2) is 14.6 Å². The molecule has 0 unspecified atom stereocenters. The molecule has 6 nitrogen and oxygen atoms in total. The maximum Gasteiger partial charge on any atom is 0.234 e. The number of aryl methyl sites for hydroxylation is 1. The Balaban J connectivity index is 1.48. The van der Waals surface area contributed by atoms with E-state index in [2.05, 4.69) is 61.3 Å². The lowest BCUT2D eigenvalue weighted by Gasteiger charge is -2.20. The molecule has 0 bridgehead atoms. The minimum absolute atomic E-state index is 0.0140. The first-order chi connectivity index (χ1) is 13.7. The number of benzene rings is 1. The zero-order valence-corrected chi connectivity index (χ0v) is 15.6. The summed E-state index contributed by atoms with van der Waals surface area (Å²) < 4.78 is 3.99. The number of anilines is 1. The van der Waals surface area contributed by atoms with Crippen LogP contribution in [0.25, 0.3) is 17.5 Å². The Morgan fingerprint density at radius 3 is 2.79 bits per heavy atom. The standard InChI is InChI=1S/C22H20N6/c1-15-10-26-28(13-15)18-11-24-21-25-12-20(27(21)14-18)22(6-7-22)17-4-5-19-16(9-17)3-2-8-23-19/h2-5,9-14,23H,6-8H2,1H3. The molecule has 1 fully saturated rings. The van der Waals surface area contributed by atoms with Crippen molar-refractivity contribution in [2.75, 3.05) is 11.9 Å². The van der Waals surface area contributed by atoms with Crippen LogP contribution < -0.4 is 5.32 Å². The van der Waals surface area contributed by atoms with Crippen LogP contribution in [0.15, 0.2) is 55.3 Å². The molecule has 6 heteroatoms. The number of rotatable bonds is 3. The summed E-state index contributed by atoms with van der Waals surface area (Å²) in [5.41, 5.74) is 7.09. The fraction of sp³-hybridized carbons (Fsp3) is 0.227. The maximum atomic E-state index is 4.57. The van der Waals surface area contributed by atoms with E-state index in [1.807, 2.05) is 36.4 Å². The van der Waals surface area contributed by atoms with E-state index >= 15 is 0 Å². The fourth-order valence-corrected chi connectivity index (χ4v) is 4.22. The molecule has 0 spiro atoms. The van der Waals surface area contributed by atoms with Crippen molar-refractivity contribution in [3.05, 3.63) is 77.6 Å². The highest BCUT2D eigenvalue weighted by Crippen LogP contribution is 2.54. The molecule has 28 heavy (non-hydrogen) atoms. The average molecular weight is 368 g/mol. The van der Waals surface area contributed by atoms with Crippen molar-refractivity contribution in [2.24, 2.45) is 0 Å². The predicted molar refractivity (Wildman–Crippen MR) is 109 cm³/mol. The highest BCUT2D eigenvalue weighted by molar-refractivity contribution is 5.71. The lowest BCUT2D eigenvalue weighted by molar-refractivity contribution is 0.778. The van der Waals surface area contributed by atoms with Crippen molar-refractivity contribution < 1.29 is 0 Å². The highest BCUT2D eigenvalue weighted by Gasteiger charge is 2.48. The van der Waals surface area contributed by atoms with E-state index in [0.717, 1.165) is 36.4 Å². The normalized spacial score (nSPS) is 16.8. The topological polar surface area (TPSA) is 60.0 Å². The first-order valence-electron chi connectivity index (χ1n) is 9.63. The quantitative estimate of drug-likeness (QED) is 0.598. The van der Waals surface area contributed by atoms with E-state index in [1.165, 1.54) is 22.5 Å². The molecule has 1 saturated carbocycles. The largest absolute Gasteiger partial charge is 0.381 e. The number of fused-ring (bicyclic) bond motifs is 2. The molecule has 2 aliphatic rings. The van der Waals surface area contributed by atoms with Gasteiger partial charge >= 0.3 is 0 Å². The average Bonchev–Trinajstić information content (AvgIpc) is 3.23. The Labute approximate surface area is 162 Å². The van der Waals surface area contributed by atoms with Gasteiger partial charge in [-0.1, -0.05) is 18.2 Å². The highest BCUT2D eigenvalue weighted by atomic mass is 15.3. The monoisotopic (exact) mass is 368 g/mol. The lowest BCUT2D eigenvalue weighted by atomic mass is 9.90. The first kappa shape index (κ1) is 15.6. The lowest BCUT2D eigenvalue weighted by Crippen LogP contribution is -2.14. The molecule has 4 aromatic rings. The van der Waals surface area contributed by atoms with Crippen LogP contribution in [0.3, 0.4) is 0 Å². The number of aromatic nitrogens is 5. The summed E-state index contributed by atoms with van der Waals surface area (Å²) in [6.07, 6.45) is 16.4. The van der Waals surface area contributed by atoms with Gasteiger partial charge in [0.1, 0.15) is 0 Å². The van der Waals surface area contributed by atoms with E-state index < -0.39 is 0 Å². The number of hydrogen-bond donors (Lipinski definition) is 1. The second-order valence-corrected chi connectivity index (χ2v) is 7.76. The van der Waals surface area contributed by atoms with Gasteiger partial charge in [0.25, 0.3) is 0 Å². The summed E-state index contributed by atoms with van der Waals surface area (Å²) in [5.74, 6) is 0.730. The minimum atomic E-state index is 0.0140. The summed E-state index contributed by atoms with van der Waals surface area (Å²) in [5, 5.41) is 7.85. The van der Waals surface area contributed by atoms with Crippen molar-refractivity contribution in [3.63, 3.8) is 0 Å². The van der Waals surface area contributed by atoms with Crippen molar-refractivity contribution in [3.8, 4) is 5.69 Å². The van der Waals surface area contributed by atoms with Gasteiger partial charge < -0.3 is 5.32 Å². The number of imidazole rings is 1. The maximum absolute atomic E-state index is 4.57. The van der Waals surface area contributed by atoms with Crippen LogP contribution in [0.4, 0.5) is 5.69 Å². The molecule has 3 aromatic heterocycles. The summed E-state index contributed by atoms with van der Waals surface area (Å²) in [4.78, 5) is 9.14. The number of nitrogens with zero attached hydrogens (tertiary/aromatic N) is 5. The zero-order valence-electron chi connectivity index (χ0n) is 15.6. The number of nitrogens with one attached hydrogen (secondary N) is 1. The third-order valence-corrected chi connectivity index (χ3v) is 5.88. The van der Waals surface area contributed by atoms with E-state index in [4.69, 9.17) is 0 Å². The van der Waals surface area contributed by atoms with Crippen molar-refractivity contribution in [2.45, 2.75) is 25.2 Å². The van der Waals surface area contributed by atoms with E-state index in [9.17, 15) is 0 Å². The second-order valence-electron chi connectivity index (χ2n) is 7.76. The van der Waals surface area contributed by atoms with Gasteiger partial charge in [0.05, 0.1) is 30.0 Å². The second kappa shape index (κ2) is 5.55. The van der Waals surface area contributed by atoms with Crippen molar-refractivity contribution in [1.29, 1.82) is 0 Å². The molecular formula is C22H20N6. The molecule has 1 aliphatic heterocycles. The summed E-state index contributed by atoms with van der Waals surface area (Å²) >= 11 is 0. The molecule has 1 aliphatic carbocycles. The third kappa shape index (κ3) is 2.24. The van der Waals surface area contributed by atoms with Gasteiger partial charge in [-0.15, -0.1) is 0 Å². The van der Waals surface area contributed by atoms with Crippen LogP contribution >= 0.6 is 0 Å². The van der Waals surface area contributed by atoms with Gasteiger partial charge in [0.2, 0.25) is 5.78 Å². The Kier molecular flexibility index (Phi) is 3.10. The Morgan fingerprint density at radius 1 is 1.07 bits per heavy atom. The molecule has 0 atom stereocenters. The first-order valence-corrected chi connectivity index (χ1v) is 9.63. The molecule has 0 amide bonds. The number of hydrogen-bond acceptors (Lipinski definition) is 4. The molecular weight excluding hydrogens is 348 g/mol. The summed E-state index contributed by atoms with van der Waals surface area (Å²) in [6, 6.07) is 6.78. The summed E-state index contributed by atoms with van der Waals surface area (Å²) in [7, 11) is 0. The Morgan fingerprint density at radius 2 is 1.96 bits per heavy atom. The van der Waals surface area contributed by atoms with Gasteiger partial charge in [0, 0.05) is 30.0 Å². The van der Waals surface area contributed by atoms with E-state index in [1.54, 1.807) is 0 Å². The third-order valence-electron chi connectivity index (χ3n) is 5.88. The van der Waals surface area contributed by atoms with Crippen LogP contribution in [-0.2, 0) is 5.41 Å². The fourth-order valence-electron chi connectivity index (χ4n) is 4.22. The SMILES string of the molecule is Cc1cnn(-c2cnc3ncc(C4(c5ccc6c(c5)C=CCN6)CC4)n3c2)c1. The molecule has 1 N–H and O–H groups in total. The van der Waals surface area contributed by atoms with E-state index in [0.29, 0.717) is 0 Å². The smallest absolute Gasteiger partial charge is 0.234 e. The zero-order chi connectivity index (χ0) is 18.7. The minimum Gasteiger partial charge on any atom is -0.381 e. The van der Waals surface area contributed by atoms with Gasteiger partial charge in [-0.05, 0) is 48.6 Å². The molecule has 1 aromatic carbocycles. The van der Waals surface area contributed by atoms with Gasteiger partial charge in [-0.3, -0.25) is 4.40 Å². The van der Waals surface area contributed by atoms with Crippen LogP contribution in [0, 0.1) is 6.92 Å². The Hall–Kier alpha value is -3.41. The predicted octanol–water partition coefficient (Wildman–Crippen LogP) is 3.74. The van der Waals surface area contributed by atoms with Crippen molar-refractivity contribution in [1.82, 2.24) is 24.1 Å². The van der Waals surface area contributed by atoms with Crippen LogP contribution in [0.5, 0.6) is 0 Å². The molecule has 4 heterocycles. The van der Waals surface area contributed by atoms with E-state index in [-0.39, 0.29) is 5.41 Å². The Bertz CT molecular complexity index is 1240. The van der Waals surface area contributed by atoms with Crippen molar-refractivity contribution >= 4 is 17.5 Å². The molecule has 0 radical (unpaired) electrons. The van der Waals surface area contributed by atoms with Crippen LogP contribution in [-0.4, -0.2) is 30.7 Å². The van der Waals surface area contributed by atoms with Crippen LogP contribution in [0.2, 0.25) is 0 Å². The van der Waals surface area contributed by atoms with Crippen LogP contribution in [0.1, 0.15) is 35.2 Å².